The SMILES string of the molecule is Nc1cc(F)cc(NC(=O)C2CCCO2)c1. The number of anilines is 2. The van der Waals surface area contributed by atoms with Gasteiger partial charge in [-0.25, -0.2) is 4.39 Å². The molecule has 0 bridgehead atoms. The van der Waals surface area contributed by atoms with Gasteiger partial charge in [0.25, 0.3) is 5.91 Å². The summed E-state index contributed by atoms with van der Waals surface area (Å²) < 4.78 is 18.2. The Morgan fingerprint density at radius 1 is 1.50 bits per heavy atom. The number of nitrogen functional groups attached to an aromatic ring is 1. The number of hydrogen-bond acceptors (Lipinski definition) is 3. The van der Waals surface area contributed by atoms with Crippen molar-refractivity contribution in [1.82, 2.24) is 0 Å². The summed E-state index contributed by atoms with van der Waals surface area (Å²) in [6, 6.07) is 3.93. The van der Waals surface area contributed by atoms with Gasteiger partial charge < -0.3 is 15.8 Å². The fourth-order valence-electron chi connectivity index (χ4n) is 1.69. The second kappa shape index (κ2) is 4.49. The molecule has 1 aliphatic heterocycles. The molecule has 0 aromatic heterocycles. The second-order valence-electron chi connectivity index (χ2n) is 3.76. The van der Waals surface area contributed by atoms with Crippen molar-refractivity contribution in [2.75, 3.05) is 17.7 Å². The third-order valence-electron chi connectivity index (χ3n) is 2.41. The van der Waals surface area contributed by atoms with Gasteiger partial charge in [0.15, 0.2) is 0 Å². The minimum Gasteiger partial charge on any atom is -0.399 e. The van der Waals surface area contributed by atoms with E-state index in [1.165, 1.54) is 18.2 Å². The zero-order valence-corrected chi connectivity index (χ0v) is 8.70. The van der Waals surface area contributed by atoms with Crippen LogP contribution >= 0.6 is 0 Å². The highest BCUT2D eigenvalue weighted by atomic mass is 19.1. The summed E-state index contributed by atoms with van der Waals surface area (Å²) in [5.74, 6) is -0.717. The van der Waals surface area contributed by atoms with E-state index in [4.69, 9.17) is 10.5 Å². The molecular formula is C11H13FN2O2. The first kappa shape index (κ1) is 10.9. The smallest absolute Gasteiger partial charge is 0.253 e. The monoisotopic (exact) mass is 224 g/mol. The topological polar surface area (TPSA) is 64.3 Å². The van der Waals surface area contributed by atoms with Crippen molar-refractivity contribution in [3.8, 4) is 0 Å². The Labute approximate surface area is 92.6 Å². The zero-order valence-electron chi connectivity index (χ0n) is 8.70. The number of nitrogens with two attached hydrogens (primary N) is 1. The van der Waals surface area contributed by atoms with Gasteiger partial charge in [-0.05, 0) is 31.0 Å². The lowest BCUT2D eigenvalue weighted by Crippen LogP contribution is -2.26. The van der Waals surface area contributed by atoms with Gasteiger partial charge in [-0.15, -0.1) is 0 Å². The summed E-state index contributed by atoms with van der Waals surface area (Å²) in [6.45, 7) is 0.601. The molecule has 86 valence electrons. The number of ether oxygens (including phenoxy) is 1. The molecule has 0 radical (unpaired) electrons. The van der Waals surface area contributed by atoms with E-state index in [2.05, 4.69) is 5.32 Å². The molecule has 1 amide bonds. The molecule has 2 rings (SSSR count). The Balaban J connectivity index is 2.05. The number of carbonyl (C=O) groups is 1. The van der Waals surface area contributed by atoms with E-state index in [0.717, 1.165) is 6.42 Å². The quantitative estimate of drug-likeness (QED) is 0.749. The number of halogens is 1. The standard InChI is InChI=1S/C11H13FN2O2/c12-7-4-8(13)6-9(5-7)14-11(15)10-2-1-3-16-10/h4-6,10H,1-3,13H2,(H,14,15). The third-order valence-corrected chi connectivity index (χ3v) is 2.41. The van der Waals surface area contributed by atoms with E-state index in [0.29, 0.717) is 18.7 Å². The Kier molecular flexibility index (Phi) is 3.05. The zero-order chi connectivity index (χ0) is 11.5. The Morgan fingerprint density at radius 3 is 2.94 bits per heavy atom. The van der Waals surface area contributed by atoms with Crippen molar-refractivity contribution in [1.29, 1.82) is 0 Å². The average molecular weight is 224 g/mol. The van der Waals surface area contributed by atoms with Crippen LogP contribution in [0.25, 0.3) is 0 Å². The fraction of sp³-hybridized carbons (Fsp3) is 0.364. The van der Waals surface area contributed by atoms with Gasteiger partial charge >= 0.3 is 0 Å². The first-order valence-electron chi connectivity index (χ1n) is 5.14. The van der Waals surface area contributed by atoms with Crippen molar-refractivity contribution in [3.05, 3.63) is 24.0 Å². The number of nitrogens with one attached hydrogen (secondary N) is 1. The molecule has 3 N–H and O–H groups in total. The van der Waals surface area contributed by atoms with Crippen molar-refractivity contribution in [2.45, 2.75) is 18.9 Å². The largest absolute Gasteiger partial charge is 0.399 e. The number of benzene rings is 1. The van der Waals surface area contributed by atoms with E-state index in [-0.39, 0.29) is 11.6 Å². The molecule has 1 aliphatic rings. The molecular weight excluding hydrogens is 211 g/mol. The van der Waals surface area contributed by atoms with Crippen LogP contribution in [-0.4, -0.2) is 18.6 Å². The highest BCUT2D eigenvalue weighted by Gasteiger charge is 2.23. The normalized spacial score (nSPS) is 19.7. The van der Waals surface area contributed by atoms with E-state index in [1.54, 1.807) is 0 Å². The van der Waals surface area contributed by atoms with Gasteiger partial charge in [-0.3, -0.25) is 4.79 Å². The predicted molar refractivity (Wildman–Crippen MR) is 58.4 cm³/mol. The number of amides is 1. The molecule has 1 aromatic carbocycles. The maximum atomic E-state index is 13.0. The van der Waals surface area contributed by atoms with E-state index < -0.39 is 11.9 Å². The minimum absolute atomic E-state index is 0.248. The molecule has 1 aromatic rings. The van der Waals surface area contributed by atoms with E-state index in [1.807, 2.05) is 0 Å². The maximum Gasteiger partial charge on any atom is 0.253 e. The number of hydrogen-bond donors (Lipinski definition) is 2. The summed E-state index contributed by atoms with van der Waals surface area (Å²) in [5, 5.41) is 2.58. The lowest BCUT2D eigenvalue weighted by atomic mass is 10.2. The fourth-order valence-corrected chi connectivity index (χ4v) is 1.69. The summed E-state index contributed by atoms with van der Waals surface area (Å²) in [7, 11) is 0. The molecule has 1 atom stereocenters. The van der Waals surface area contributed by atoms with Gasteiger partial charge in [0.2, 0.25) is 0 Å². The van der Waals surface area contributed by atoms with E-state index in [9.17, 15) is 9.18 Å². The van der Waals surface area contributed by atoms with Gasteiger partial charge in [-0.1, -0.05) is 0 Å². The van der Waals surface area contributed by atoms with Gasteiger partial charge in [0, 0.05) is 18.0 Å². The summed E-state index contributed by atoms with van der Waals surface area (Å²) in [6.07, 6.45) is 1.16. The summed E-state index contributed by atoms with van der Waals surface area (Å²) in [4.78, 5) is 11.6. The molecule has 1 unspecified atom stereocenters. The Bertz CT molecular complexity index is 383. The van der Waals surface area contributed by atoms with Crippen molar-refractivity contribution < 1.29 is 13.9 Å². The van der Waals surface area contributed by atoms with Crippen LogP contribution in [0, 0.1) is 5.82 Å². The van der Waals surface area contributed by atoms with E-state index >= 15 is 0 Å². The predicted octanol–water partition coefficient (Wildman–Crippen LogP) is 1.53. The summed E-state index contributed by atoms with van der Waals surface area (Å²) in [5.41, 5.74) is 6.11. The molecule has 1 heterocycles. The van der Waals surface area contributed by atoms with Crippen LogP contribution in [0.15, 0.2) is 18.2 Å². The number of carbonyl (C=O) groups excluding carboxylic acids is 1. The molecule has 0 saturated carbocycles. The average Bonchev–Trinajstić information content (AvgIpc) is 2.68. The lowest BCUT2D eigenvalue weighted by Gasteiger charge is -2.10. The van der Waals surface area contributed by atoms with Crippen LogP contribution in [-0.2, 0) is 9.53 Å². The van der Waals surface area contributed by atoms with Crippen LogP contribution in [0.4, 0.5) is 15.8 Å². The van der Waals surface area contributed by atoms with Crippen LogP contribution in [0.2, 0.25) is 0 Å². The Morgan fingerprint density at radius 2 is 2.31 bits per heavy atom. The first-order chi connectivity index (χ1) is 7.65. The lowest BCUT2D eigenvalue weighted by molar-refractivity contribution is -0.124. The third kappa shape index (κ3) is 2.49. The minimum atomic E-state index is -0.470. The van der Waals surface area contributed by atoms with Gasteiger partial charge in [-0.2, -0.15) is 0 Å². The van der Waals surface area contributed by atoms with Crippen LogP contribution in [0.5, 0.6) is 0 Å². The molecule has 16 heavy (non-hydrogen) atoms. The van der Waals surface area contributed by atoms with Gasteiger partial charge in [0.1, 0.15) is 11.9 Å². The van der Waals surface area contributed by atoms with Crippen LogP contribution in [0.3, 0.4) is 0 Å². The Hall–Kier alpha value is -1.62. The summed E-state index contributed by atoms with van der Waals surface area (Å²) >= 11 is 0. The van der Waals surface area contributed by atoms with Gasteiger partial charge in [0.05, 0.1) is 0 Å². The highest BCUT2D eigenvalue weighted by Crippen LogP contribution is 2.18. The molecule has 0 spiro atoms. The number of rotatable bonds is 2. The molecule has 0 aliphatic carbocycles. The van der Waals surface area contributed by atoms with Crippen LogP contribution in [0.1, 0.15) is 12.8 Å². The van der Waals surface area contributed by atoms with Crippen molar-refractivity contribution in [3.63, 3.8) is 0 Å². The van der Waals surface area contributed by atoms with Crippen molar-refractivity contribution >= 4 is 17.3 Å². The molecule has 4 nitrogen and oxygen atoms in total. The van der Waals surface area contributed by atoms with Crippen LogP contribution < -0.4 is 11.1 Å². The maximum absolute atomic E-state index is 13.0. The second-order valence-corrected chi connectivity index (χ2v) is 3.76. The highest BCUT2D eigenvalue weighted by molar-refractivity contribution is 5.94. The first-order valence-corrected chi connectivity index (χ1v) is 5.14. The molecule has 1 fully saturated rings. The van der Waals surface area contributed by atoms with Crippen molar-refractivity contribution in [2.24, 2.45) is 0 Å². The molecule has 5 heteroatoms. The molecule has 1 saturated heterocycles.